The first kappa shape index (κ1) is 15.0. The molecule has 1 saturated heterocycles. The molecule has 0 atom stereocenters. The van der Waals surface area contributed by atoms with E-state index in [-0.39, 0.29) is 23.8 Å². The van der Waals surface area contributed by atoms with E-state index in [1.165, 1.54) is 11.3 Å². The maximum Gasteiger partial charge on any atom is 0.228 e. The average Bonchev–Trinajstić information content (AvgIpc) is 2.97. The molecule has 1 aromatic heterocycles. The summed E-state index contributed by atoms with van der Waals surface area (Å²) in [5, 5.41) is 5.56. The molecule has 0 aromatic carbocycles. The third-order valence-corrected chi connectivity index (χ3v) is 4.46. The molecule has 0 aliphatic carbocycles. The van der Waals surface area contributed by atoms with Crippen molar-refractivity contribution >= 4 is 28.3 Å². The fourth-order valence-electron chi connectivity index (χ4n) is 2.03. The average molecular weight is 295 g/mol. The van der Waals surface area contributed by atoms with E-state index in [4.69, 9.17) is 0 Å². The standard InChI is InChI=1S/C14H21N3O2S/c1-4-14(2,3)16-11(18)8-10-9-20-13(15-10)17-7-5-6-12(17)19/h9H,4-8H2,1-3H3,(H,16,18). The Labute approximate surface area is 123 Å². The summed E-state index contributed by atoms with van der Waals surface area (Å²) < 4.78 is 0. The van der Waals surface area contributed by atoms with Crippen molar-refractivity contribution in [1.82, 2.24) is 10.3 Å². The van der Waals surface area contributed by atoms with Crippen LogP contribution in [0.15, 0.2) is 5.38 Å². The lowest BCUT2D eigenvalue weighted by atomic mass is 10.0. The number of nitrogens with one attached hydrogen (secondary N) is 1. The van der Waals surface area contributed by atoms with E-state index in [0.29, 0.717) is 11.6 Å². The molecule has 5 nitrogen and oxygen atoms in total. The van der Waals surface area contributed by atoms with E-state index in [1.54, 1.807) is 4.90 Å². The molecule has 1 aliphatic rings. The Morgan fingerprint density at radius 2 is 2.30 bits per heavy atom. The van der Waals surface area contributed by atoms with Crippen molar-refractivity contribution in [1.29, 1.82) is 0 Å². The van der Waals surface area contributed by atoms with Gasteiger partial charge in [-0.25, -0.2) is 4.98 Å². The molecule has 6 heteroatoms. The SMILES string of the molecule is CCC(C)(C)NC(=O)Cc1csc(N2CCCC2=O)n1. The number of rotatable bonds is 5. The number of carbonyl (C=O) groups is 2. The monoisotopic (exact) mass is 295 g/mol. The molecule has 2 rings (SSSR count). The van der Waals surface area contributed by atoms with Crippen LogP contribution in [0.1, 0.15) is 45.7 Å². The minimum atomic E-state index is -0.194. The number of hydrogen-bond acceptors (Lipinski definition) is 4. The largest absolute Gasteiger partial charge is 0.351 e. The van der Waals surface area contributed by atoms with Crippen molar-refractivity contribution in [3.8, 4) is 0 Å². The highest BCUT2D eigenvalue weighted by molar-refractivity contribution is 7.14. The van der Waals surface area contributed by atoms with Gasteiger partial charge in [0, 0.05) is 23.9 Å². The number of aromatic nitrogens is 1. The van der Waals surface area contributed by atoms with E-state index in [1.807, 2.05) is 26.2 Å². The summed E-state index contributed by atoms with van der Waals surface area (Å²) in [5.74, 6) is 0.101. The summed E-state index contributed by atoms with van der Waals surface area (Å²) in [7, 11) is 0. The Bertz CT molecular complexity index is 510. The highest BCUT2D eigenvalue weighted by Gasteiger charge is 2.25. The zero-order chi connectivity index (χ0) is 14.8. The number of carbonyl (C=O) groups excluding carboxylic acids is 2. The van der Waals surface area contributed by atoms with E-state index >= 15 is 0 Å². The van der Waals surface area contributed by atoms with E-state index in [0.717, 1.165) is 25.1 Å². The summed E-state index contributed by atoms with van der Waals surface area (Å²) in [6, 6.07) is 0. The Kier molecular flexibility index (Phi) is 4.42. The lowest BCUT2D eigenvalue weighted by Crippen LogP contribution is -2.43. The smallest absolute Gasteiger partial charge is 0.228 e. The molecule has 2 amide bonds. The van der Waals surface area contributed by atoms with Crippen LogP contribution < -0.4 is 10.2 Å². The number of amides is 2. The summed E-state index contributed by atoms with van der Waals surface area (Å²) in [4.78, 5) is 29.7. The number of hydrogen-bond donors (Lipinski definition) is 1. The van der Waals surface area contributed by atoms with Crippen molar-refractivity contribution in [3.63, 3.8) is 0 Å². The molecular formula is C14H21N3O2S. The predicted molar refractivity (Wildman–Crippen MR) is 79.9 cm³/mol. The number of nitrogens with zero attached hydrogens (tertiary/aromatic N) is 2. The molecule has 2 heterocycles. The quantitative estimate of drug-likeness (QED) is 0.905. The highest BCUT2D eigenvalue weighted by atomic mass is 32.1. The van der Waals surface area contributed by atoms with Crippen LogP contribution in [0.4, 0.5) is 5.13 Å². The molecule has 0 radical (unpaired) electrons. The van der Waals surface area contributed by atoms with Gasteiger partial charge < -0.3 is 5.32 Å². The van der Waals surface area contributed by atoms with Crippen LogP contribution in [-0.2, 0) is 16.0 Å². The second kappa shape index (κ2) is 5.91. The van der Waals surface area contributed by atoms with Gasteiger partial charge in [0.1, 0.15) is 0 Å². The maximum absolute atomic E-state index is 12.0. The van der Waals surface area contributed by atoms with Crippen LogP contribution in [0.3, 0.4) is 0 Å². The van der Waals surface area contributed by atoms with Gasteiger partial charge in [0.15, 0.2) is 5.13 Å². The van der Waals surface area contributed by atoms with Gasteiger partial charge in [-0.1, -0.05) is 6.92 Å². The van der Waals surface area contributed by atoms with Crippen LogP contribution in [0.25, 0.3) is 0 Å². The van der Waals surface area contributed by atoms with Crippen molar-refractivity contribution in [2.24, 2.45) is 0 Å². The van der Waals surface area contributed by atoms with Crippen molar-refractivity contribution in [2.45, 2.75) is 52.0 Å². The molecule has 1 N–H and O–H groups in total. The molecule has 0 spiro atoms. The first-order valence-electron chi connectivity index (χ1n) is 6.97. The second-order valence-corrected chi connectivity index (χ2v) is 6.57. The van der Waals surface area contributed by atoms with Gasteiger partial charge in [-0.2, -0.15) is 0 Å². The predicted octanol–water partition coefficient (Wildman–Crippen LogP) is 2.12. The number of thiazole rings is 1. The Morgan fingerprint density at radius 1 is 1.55 bits per heavy atom. The van der Waals surface area contributed by atoms with Gasteiger partial charge >= 0.3 is 0 Å². The second-order valence-electron chi connectivity index (χ2n) is 5.73. The summed E-state index contributed by atoms with van der Waals surface area (Å²) in [6.45, 7) is 6.78. The van der Waals surface area contributed by atoms with Crippen molar-refractivity contribution in [2.75, 3.05) is 11.4 Å². The van der Waals surface area contributed by atoms with Gasteiger partial charge in [-0.3, -0.25) is 14.5 Å². The molecule has 1 aliphatic heterocycles. The minimum absolute atomic E-state index is 0.0264. The van der Waals surface area contributed by atoms with Gasteiger partial charge in [-0.05, 0) is 26.7 Å². The lowest BCUT2D eigenvalue weighted by Gasteiger charge is -2.24. The Balaban J connectivity index is 1.96. The van der Waals surface area contributed by atoms with E-state index in [2.05, 4.69) is 10.3 Å². The molecule has 0 saturated carbocycles. The third-order valence-electron chi connectivity index (χ3n) is 3.55. The summed E-state index contributed by atoms with van der Waals surface area (Å²) in [6.07, 6.45) is 2.63. The fraction of sp³-hybridized carbons (Fsp3) is 0.643. The third kappa shape index (κ3) is 3.56. The van der Waals surface area contributed by atoms with Crippen molar-refractivity contribution < 1.29 is 9.59 Å². The molecule has 1 aromatic rings. The first-order valence-corrected chi connectivity index (χ1v) is 7.85. The normalized spacial score (nSPS) is 15.8. The maximum atomic E-state index is 12.0. The number of anilines is 1. The summed E-state index contributed by atoms with van der Waals surface area (Å²) >= 11 is 1.43. The lowest BCUT2D eigenvalue weighted by molar-refractivity contribution is -0.122. The molecule has 0 bridgehead atoms. The Morgan fingerprint density at radius 3 is 2.90 bits per heavy atom. The summed E-state index contributed by atoms with van der Waals surface area (Å²) in [5.41, 5.74) is 0.537. The van der Waals surface area contributed by atoms with Gasteiger partial charge in [-0.15, -0.1) is 11.3 Å². The minimum Gasteiger partial charge on any atom is -0.351 e. The van der Waals surface area contributed by atoms with E-state index in [9.17, 15) is 9.59 Å². The van der Waals surface area contributed by atoms with Gasteiger partial charge in [0.25, 0.3) is 0 Å². The zero-order valence-electron chi connectivity index (χ0n) is 12.2. The topological polar surface area (TPSA) is 62.3 Å². The fourth-order valence-corrected chi connectivity index (χ4v) is 2.89. The first-order chi connectivity index (χ1) is 9.41. The van der Waals surface area contributed by atoms with Gasteiger partial charge in [0.05, 0.1) is 12.1 Å². The van der Waals surface area contributed by atoms with Crippen LogP contribution >= 0.6 is 11.3 Å². The van der Waals surface area contributed by atoms with Crippen LogP contribution in [0, 0.1) is 0 Å². The molecule has 0 unspecified atom stereocenters. The highest BCUT2D eigenvalue weighted by Crippen LogP contribution is 2.25. The van der Waals surface area contributed by atoms with Gasteiger partial charge in [0.2, 0.25) is 11.8 Å². The molecular weight excluding hydrogens is 274 g/mol. The van der Waals surface area contributed by atoms with Crippen LogP contribution in [0.2, 0.25) is 0 Å². The van der Waals surface area contributed by atoms with Crippen molar-refractivity contribution in [3.05, 3.63) is 11.1 Å². The zero-order valence-corrected chi connectivity index (χ0v) is 13.0. The van der Waals surface area contributed by atoms with Crippen LogP contribution in [-0.4, -0.2) is 28.9 Å². The molecule has 110 valence electrons. The van der Waals surface area contributed by atoms with E-state index < -0.39 is 0 Å². The Hall–Kier alpha value is -1.43. The molecule has 1 fully saturated rings. The molecule has 20 heavy (non-hydrogen) atoms. The van der Waals surface area contributed by atoms with Crippen LogP contribution in [0.5, 0.6) is 0 Å².